The molecule has 16 heavy (non-hydrogen) atoms. The summed E-state index contributed by atoms with van der Waals surface area (Å²) >= 11 is 0. The molecular formula is C13H24N2O. The standard InChI is InChI=1S/C13H24N2O/c1-9-4-5-15(8-10(9)2)13(16)11(3)12-6-14-7-12/h9-12,14H,4-8H2,1-3H3. The molecule has 2 aliphatic rings. The van der Waals surface area contributed by atoms with Crippen molar-refractivity contribution in [3.8, 4) is 0 Å². The summed E-state index contributed by atoms with van der Waals surface area (Å²) in [5.74, 6) is 2.59. The van der Waals surface area contributed by atoms with E-state index < -0.39 is 0 Å². The van der Waals surface area contributed by atoms with E-state index in [1.54, 1.807) is 0 Å². The van der Waals surface area contributed by atoms with Gasteiger partial charge in [0.25, 0.3) is 0 Å². The Hall–Kier alpha value is -0.570. The zero-order valence-corrected chi connectivity index (χ0v) is 10.7. The highest BCUT2D eigenvalue weighted by molar-refractivity contribution is 5.79. The fourth-order valence-electron chi connectivity index (χ4n) is 2.62. The van der Waals surface area contributed by atoms with Gasteiger partial charge in [-0.2, -0.15) is 0 Å². The van der Waals surface area contributed by atoms with Crippen LogP contribution in [0, 0.1) is 23.7 Å². The summed E-state index contributed by atoms with van der Waals surface area (Å²) in [5.41, 5.74) is 0. The summed E-state index contributed by atoms with van der Waals surface area (Å²) in [7, 11) is 0. The Morgan fingerprint density at radius 1 is 1.31 bits per heavy atom. The molecule has 0 aliphatic carbocycles. The van der Waals surface area contributed by atoms with Crippen molar-refractivity contribution in [3.05, 3.63) is 0 Å². The van der Waals surface area contributed by atoms with Gasteiger partial charge < -0.3 is 10.2 Å². The maximum atomic E-state index is 12.3. The number of hydrogen-bond acceptors (Lipinski definition) is 2. The van der Waals surface area contributed by atoms with Crippen LogP contribution in [0.1, 0.15) is 27.2 Å². The van der Waals surface area contributed by atoms with Crippen LogP contribution in [0.15, 0.2) is 0 Å². The molecule has 0 radical (unpaired) electrons. The van der Waals surface area contributed by atoms with Crippen molar-refractivity contribution in [2.75, 3.05) is 26.2 Å². The van der Waals surface area contributed by atoms with Gasteiger partial charge in [-0.1, -0.05) is 20.8 Å². The third kappa shape index (κ3) is 2.24. The number of nitrogens with one attached hydrogen (secondary N) is 1. The fourth-order valence-corrected chi connectivity index (χ4v) is 2.62. The molecule has 2 heterocycles. The van der Waals surface area contributed by atoms with E-state index in [9.17, 15) is 4.79 Å². The Balaban J connectivity index is 1.89. The number of rotatable bonds is 2. The van der Waals surface area contributed by atoms with Crippen molar-refractivity contribution >= 4 is 5.91 Å². The van der Waals surface area contributed by atoms with Crippen LogP contribution < -0.4 is 5.32 Å². The van der Waals surface area contributed by atoms with Gasteiger partial charge in [-0.15, -0.1) is 0 Å². The van der Waals surface area contributed by atoms with E-state index in [-0.39, 0.29) is 5.92 Å². The minimum absolute atomic E-state index is 0.210. The molecule has 2 rings (SSSR count). The molecule has 0 aromatic carbocycles. The molecule has 2 fully saturated rings. The van der Waals surface area contributed by atoms with Gasteiger partial charge in [0, 0.05) is 19.0 Å². The van der Waals surface area contributed by atoms with Crippen molar-refractivity contribution in [1.82, 2.24) is 10.2 Å². The van der Waals surface area contributed by atoms with Crippen molar-refractivity contribution in [2.45, 2.75) is 27.2 Å². The Morgan fingerprint density at radius 2 is 2.00 bits per heavy atom. The molecule has 2 saturated heterocycles. The quantitative estimate of drug-likeness (QED) is 0.768. The Labute approximate surface area is 98.6 Å². The average molecular weight is 224 g/mol. The zero-order chi connectivity index (χ0) is 11.7. The second kappa shape index (κ2) is 4.74. The second-order valence-corrected chi connectivity index (χ2v) is 5.73. The van der Waals surface area contributed by atoms with Crippen LogP contribution in [0.2, 0.25) is 0 Å². The smallest absolute Gasteiger partial charge is 0.225 e. The maximum absolute atomic E-state index is 12.3. The van der Waals surface area contributed by atoms with E-state index in [4.69, 9.17) is 0 Å². The summed E-state index contributed by atoms with van der Waals surface area (Å²) in [4.78, 5) is 14.4. The maximum Gasteiger partial charge on any atom is 0.225 e. The van der Waals surface area contributed by atoms with Crippen molar-refractivity contribution < 1.29 is 4.79 Å². The van der Waals surface area contributed by atoms with Gasteiger partial charge in [0.2, 0.25) is 5.91 Å². The molecule has 3 nitrogen and oxygen atoms in total. The minimum Gasteiger partial charge on any atom is -0.342 e. The molecule has 0 aromatic heterocycles. The molecule has 0 bridgehead atoms. The third-order valence-electron chi connectivity index (χ3n) is 4.56. The predicted molar refractivity (Wildman–Crippen MR) is 65.0 cm³/mol. The van der Waals surface area contributed by atoms with E-state index in [0.29, 0.717) is 17.7 Å². The van der Waals surface area contributed by atoms with Gasteiger partial charge in [-0.3, -0.25) is 4.79 Å². The van der Waals surface area contributed by atoms with E-state index in [1.807, 2.05) is 0 Å². The lowest BCUT2D eigenvalue weighted by molar-refractivity contribution is -0.139. The predicted octanol–water partition coefficient (Wildman–Crippen LogP) is 1.35. The molecule has 1 amide bonds. The van der Waals surface area contributed by atoms with Gasteiger partial charge in [-0.05, 0) is 37.3 Å². The van der Waals surface area contributed by atoms with Gasteiger partial charge in [-0.25, -0.2) is 0 Å². The number of piperidine rings is 1. The Bertz CT molecular complexity index is 263. The molecule has 1 N–H and O–H groups in total. The Morgan fingerprint density at radius 3 is 2.50 bits per heavy atom. The molecule has 3 unspecified atom stereocenters. The average Bonchev–Trinajstić information content (AvgIpc) is 2.18. The van der Waals surface area contributed by atoms with Crippen LogP contribution in [-0.4, -0.2) is 37.0 Å². The SMILES string of the molecule is CC1CCN(C(=O)C(C)C2CNC2)CC1C. The van der Waals surface area contributed by atoms with E-state index >= 15 is 0 Å². The van der Waals surface area contributed by atoms with Crippen LogP contribution >= 0.6 is 0 Å². The van der Waals surface area contributed by atoms with Gasteiger partial charge >= 0.3 is 0 Å². The minimum atomic E-state index is 0.210. The summed E-state index contributed by atoms with van der Waals surface area (Å²) in [5, 5.41) is 3.25. The first-order chi connectivity index (χ1) is 7.59. The monoisotopic (exact) mass is 224 g/mol. The summed E-state index contributed by atoms with van der Waals surface area (Å²) in [6, 6.07) is 0. The van der Waals surface area contributed by atoms with Crippen molar-refractivity contribution in [2.24, 2.45) is 23.7 Å². The van der Waals surface area contributed by atoms with E-state index in [1.165, 1.54) is 6.42 Å². The zero-order valence-electron chi connectivity index (χ0n) is 10.7. The highest BCUT2D eigenvalue weighted by Gasteiger charge is 2.34. The first kappa shape index (κ1) is 11.9. The largest absolute Gasteiger partial charge is 0.342 e. The molecule has 0 spiro atoms. The first-order valence-electron chi connectivity index (χ1n) is 6.59. The molecule has 2 aliphatic heterocycles. The van der Waals surface area contributed by atoms with Crippen LogP contribution in [-0.2, 0) is 4.79 Å². The highest BCUT2D eigenvalue weighted by Crippen LogP contribution is 2.25. The van der Waals surface area contributed by atoms with Crippen molar-refractivity contribution in [3.63, 3.8) is 0 Å². The number of carbonyl (C=O) groups is 1. The second-order valence-electron chi connectivity index (χ2n) is 5.73. The fraction of sp³-hybridized carbons (Fsp3) is 0.923. The molecule has 92 valence electrons. The Kier molecular flexibility index (Phi) is 3.53. The molecule has 3 heteroatoms. The lowest BCUT2D eigenvalue weighted by Crippen LogP contribution is -2.52. The number of amides is 1. The normalized spacial score (nSPS) is 33.3. The topological polar surface area (TPSA) is 32.3 Å². The first-order valence-corrected chi connectivity index (χ1v) is 6.59. The molecular weight excluding hydrogens is 200 g/mol. The summed E-state index contributed by atoms with van der Waals surface area (Å²) in [6.45, 7) is 10.6. The summed E-state index contributed by atoms with van der Waals surface area (Å²) in [6.07, 6.45) is 1.17. The molecule has 3 atom stereocenters. The number of nitrogens with zero attached hydrogens (tertiary/aromatic N) is 1. The third-order valence-corrected chi connectivity index (χ3v) is 4.56. The number of carbonyl (C=O) groups excluding carboxylic acids is 1. The van der Waals surface area contributed by atoms with Crippen LogP contribution in [0.4, 0.5) is 0 Å². The molecule has 0 saturated carbocycles. The van der Waals surface area contributed by atoms with Crippen LogP contribution in [0.5, 0.6) is 0 Å². The lowest BCUT2D eigenvalue weighted by atomic mass is 9.85. The highest BCUT2D eigenvalue weighted by atomic mass is 16.2. The van der Waals surface area contributed by atoms with Crippen LogP contribution in [0.25, 0.3) is 0 Å². The summed E-state index contributed by atoms with van der Waals surface area (Å²) < 4.78 is 0. The van der Waals surface area contributed by atoms with E-state index in [0.717, 1.165) is 32.1 Å². The van der Waals surface area contributed by atoms with Gasteiger partial charge in [0.05, 0.1) is 0 Å². The van der Waals surface area contributed by atoms with Crippen molar-refractivity contribution in [1.29, 1.82) is 0 Å². The molecule has 0 aromatic rings. The van der Waals surface area contributed by atoms with Gasteiger partial charge in [0.1, 0.15) is 0 Å². The van der Waals surface area contributed by atoms with E-state index in [2.05, 4.69) is 31.0 Å². The lowest BCUT2D eigenvalue weighted by Gasteiger charge is -2.39. The van der Waals surface area contributed by atoms with Gasteiger partial charge in [0.15, 0.2) is 0 Å². The number of hydrogen-bond donors (Lipinski definition) is 1. The van der Waals surface area contributed by atoms with Crippen LogP contribution in [0.3, 0.4) is 0 Å². The number of likely N-dealkylation sites (tertiary alicyclic amines) is 1.